The first-order valence-corrected chi connectivity index (χ1v) is 11.0. The van der Waals surface area contributed by atoms with E-state index >= 15 is 0 Å². The molecule has 10 N–H and O–H groups in total. The summed E-state index contributed by atoms with van der Waals surface area (Å²) in [4.78, 5) is 23.0. The molecule has 1 amide bonds. The van der Waals surface area contributed by atoms with Crippen LogP contribution >= 0.6 is 0 Å². The molecule has 0 bridgehead atoms. The number of carboxylic acids is 1. The number of hydrogen-bond donors (Lipinski definition) is 6. The van der Waals surface area contributed by atoms with Crippen molar-refractivity contribution in [2.24, 2.45) is 43.3 Å². The number of nitrogens with zero attached hydrogens (tertiary/aromatic N) is 4. The Morgan fingerprint density at radius 2 is 1.18 bits per heavy atom. The number of nitrogens with one attached hydrogen (secondary N) is 1. The maximum atomic E-state index is 12.5. The summed E-state index contributed by atoms with van der Waals surface area (Å²) in [6, 6.07) is 5.33. The Morgan fingerprint density at radius 1 is 0.735 bits per heavy atom. The molecule has 12 nitrogen and oxygen atoms in total. The lowest BCUT2D eigenvalue weighted by Gasteiger charge is -2.11. The third kappa shape index (κ3) is 12.2. The molecule has 34 heavy (non-hydrogen) atoms. The van der Waals surface area contributed by atoms with Gasteiger partial charge in [-0.2, -0.15) is 10.2 Å². The van der Waals surface area contributed by atoms with Crippen LogP contribution < -0.4 is 28.3 Å². The summed E-state index contributed by atoms with van der Waals surface area (Å²) < 4.78 is 0. The second kappa shape index (κ2) is 15.0. The molecule has 186 valence electrons. The van der Waals surface area contributed by atoms with Gasteiger partial charge in [0, 0.05) is 29.7 Å². The SMILES string of the molecule is C/C(=N\N=C(N)N)c1cc(NC(=O)CCCCCCCCC(=O)O)cc(/C(C)=N/N=C(N)N)c1. The number of amides is 1. The van der Waals surface area contributed by atoms with Crippen molar-refractivity contribution >= 4 is 40.9 Å². The van der Waals surface area contributed by atoms with Crippen molar-refractivity contribution in [1.29, 1.82) is 0 Å². The highest BCUT2D eigenvalue weighted by Gasteiger charge is 2.10. The number of nitrogens with two attached hydrogens (primary N) is 4. The predicted octanol–water partition coefficient (Wildman–Crippen LogP) is 1.83. The maximum Gasteiger partial charge on any atom is 0.303 e. The molecule has 12 heteroatoms. The van der Waals surface area contributed by atoms with E-state index in [1.807, 2.05) is 6.07 Å². The molecule has 0 aliphatic heterocycles. The van der Waals surface area contributed by atoms with E-state index in [9.17, 15) is 9.59 Å². The average molecular weight is 474 g/mol. The fourth-order valence-corrected chi connectivity index (χ4v) is 2.99. The monoisotopic (exact) mass is 473 g/mol. The summed E-state index contributed by atoms with van der Waals surface area (Å²) in [6.45, 7) is 3.46. The lowest BCUT2D eigenvalue weighted by Crippen LogP contribution is -2.22. The van der Waals surface area contributed by atoms with E-state index in [-0.39, 0.29) is 24.2 Å². The van der Waals surface area contributed by atoms with Crippen LogP contribution in [0.25, 0.3) is 0 Å². The van der Waals surface area contributed by atoms with E-state index in [1.54, 1.807) is 26.0 Å². The standard InChI is InChI=1S/C22H35N9O3/c1-14(28-30-21(23)24)16-11-17(15(2)29-31-22(25)26)13-18(12-16)27-19(32)9-7-5-3-4-6-8-10-20(33)34/h11-13H,3-10H2,1-2H3,(H,27,32)(H,33,34)(H4,23,24,30)(H4,25,26,31)/b28-14+,29-15+. The van der Waals surface area contributed by atoms with Crippen molar-refractivity contribution in [3.8, 4) is 0 Å². The first-order valence-electron chi connectivity index (χ1n) is 11.0. The molecule has 1 rings (SSSR count). The molecule has 1 aromatic rings. The highest BCUT2D eigenvalue weighted by molar-refractivity contribution is 6.06. The Hall–Kier alpha value is -3.96. The van der Waals surface area contributed by atoms with Crippen molar-refractivity contribution < 1.29 is 14.7 Å². The van der Waals surface area contributed by atoms with Crippen LogP contribution in [0, 0.1) is 0 Å². The van der Waals surface area contributed by atoms with Gasteiger partial charge in [-0.15, -0.1) is 10.2 Å². The number of unbranched alkanes of at least 4 members (excludes halogenated alkanes) is 5. The zero-order valence-corrected chi connectivity index (χ0v) is 19.8. The van der Waals surface area contributed by atoms with Gasteiger partial charge >= 0.3 is 5.97 Å². The summed E-state index contributed by atoms with van der Waals surface area (Å²) in [5, 5.41) is 26.9. The molecule has 0 fully saturated rings. The van der Waals surface area contributed by atoms with E-state index in [0.717, 1.165) is 32.1 Å². The number of carbonyl (C=O) groups excluding carboxylic acids is 1. The summed E-state index contributed by atoms with van der Waals surface area (Å²) >= 11 is 0. The number of guanidine groups is 2. The van der Waals surface area contributed by atoms with E-state index < -0.39 is 5.97 Å². The first-order chi connectivity index (χ1) is 16.1. The van der Waals surface area contributed by atoms with Gasteiger partial charge in [0.2, 0.25) is 17.8 Å². The number of benzene rings is 1. The van der Waals surface area contributed by atoms with Gasteiger partial charge in [0.25, 0.3) is 0 Å². The molecule has 0 unspecified atom stereocenters. The van der Waals surface area contributed by atoms with Gasteiger partial charge in [-0.25, -0.2) is 0 Å². The van der Waals surface area contributed by atoms with Crippen molar-refractivity contribution in [3.63, 3.8) is 0 Å². The summed E-state index contributed by atoms with van der Waals surface area (Å²) in [6.07, 6.45) is 5.72. The topological polar surface area (TPSA) is 220 Å². The molecular formula is C22H35N9O3. The van der Waals surface area contributed by atoms with E-state index in [1.165, 1.54) is 0 Å². The zero-order chi connectivity index (χ0) is 25.5. The molecule has 0 heterocycles. The lowest BCUT2D eigenvalue weighted by atomic mass is 10.0. The molecule has 0 radical (unpaired) electrons. The number of carboxylic acid groups (broad SMARTS) is 1. The second-order valence-corrected chi connectivity index (χ2v) is 7.78. The largest absolute Gasteiger partial charge is 0.481 e. The first kappa shape index (κ1) is 28.1. The van der Waals surface area contributed by atoms with Crippen molar-refractivity contribution in [2.75, 3.05) is 5.32 Å². The predicted molar refractivity (Wildman–Crippen MR) is 136 cm³/mol. The van der Waals surface area contributed by atoms with Crippen LogP contribution in [0.5, 0.6) is 0 Å². The molecule has 0 aliphatic carbocycles. The Kier molecular flexibility index (Phi) is 12.4. The van der Waals surface area contributed by atoms with Gasteiger partial charge in [0.15, 0.2) is 0 Å². The normalized spacial score (nSPS) is 11.6. The van der Waals surface area contributed by atoms with Crippen molar-refractivity contribution in [3.05, 3.63) is 29.3 Å². The Labute approximate surface area is 199 Å². The Balaban J connectivity index is 2.83. The van der Waals surface area contributed by atoms with Crippen LogP contribution in [0.15, 0.2) is 38.6 Å². The molecule has 0 saturated carbocycles. The smallest absolute Gasteiger partial charge is 0.303 e. The molecule has 0 atom stereocenters. The zero-order valence-electron chi connectivity index (χ0n) is 19.8. The second-order valence-electron chi connectivity index (χ2n) is 7.78. The van der Waals surface area contributed by atoms with Gasteiger partial charge in [0.05, 0.1) is 11.4 Å². The lowest BCUT2D eigenvalue weighted by molar-refractivity contribution is -0.137. The van der Waals surface area contributed by atoms with Gasteiger partial charge < -0.3 is 33.4 Å². The molecule has 0 spiro atoms. The van der Waals surface area contributed by atoms with Crippen LogP contribution in [-0.4, -0.2) is 40.3 Å². The minimum Gasteiger partial charge on any atom is -0.481 e. The van der Waals surface area contributed by atoms with E-state index in [4.69, 9.17) is 28.0 Å². The minimum absolute atomic E-state index is 0.119. The van der Waals surface area contributed by atoms with Crippen LogP contribution in [0.1, 0.15) is 76.3 Å². The molecule has 0 aliphatic rings. The fourth-order valence-electron chi connectivity index (χ4n) is 2.99. The summed E-state index contributed by atoms with van der Waals surface area (Å²) in [5.74, 6) is -1.22. The van der Waals surface area contributed by atoms with E-state index in [0.29, 0.717) is 41.1 Å². The molecule has 1 aromatic carbocycles. The highest BCUT2D eigenvalue weighted by atomic mass is 16.4. The summed E-state index contributed by atoms with van der Waals surface area (Å²) in [7, 11) is 0. The Bertz CT molecular complexity index is 908. The average Bonchev–Trinajstić information content (AvgIpc) is 2.76. The number of carbonyl (C=O) groups is 2. The highest BCUT2D eigenvalue weighted by Crippen LogP contribution is 2.18. The number of hydrogen-bond acceptors (Lipinski definition) is 6. The van der Waals surface area contributed by atoms with Crippen LogP contribution in [0.2, 0.25) is 0 Å². The Morgan fingerprint density at radius 3 is 1.62 bits per heavy atom. The van der Waals surface area contributed by atoms with Gasteiger partial charge in [-0.3, -0.25) is 9.59 Å². The van der Waals surface area contributed by atoms with E-state index in [2.05, 4.69) is 25.7 Å². The van der Waals surface area contributed by atoms with Crippen LogP contribution in [0.3, 0.4) is 0 Å². The number of rotatable bonds is 14. The molecule has 0 aromatic heterocycles. The summed E-state index contributed by atoms with van der Waals surface area (Å²) in [5.41, 5.74) is 24.4. The van der Waals surface area contributed by atoms with Crippen molar-refractivity contribution in [1.82, 2.24) is 0 Å². The molecular weight excluding hydrogens is 438 g/mol. The van der Waals surface area contributed by atoms with Gasteiger partial charge in [0.1, 0.15) is 0 Å². The number of aliphatic carboxylic acids is 1. The quantitative estimate of drug-likeness (QED) is 0.102. The van der Waals surface area contributed by atoms with Gasteiger partial charge in [-0.1, -0.05) is 25.7 Å². The third-order valence-electron chi connectivity index (χ3n) is 4.73. The fraction of sp³-hybridized carbons (Fsp3) is 0.455. The van der Waals surface area contributed by atoms with Crippen molar-refractivity contribution in [2.45, 2.75) is 65.2 Å². The minimum atomic E-state index is -0.765. The van der Waals surface area contributed by atoms with Gasteiger partial charge in [-0.05, 0) is 44.9 Å². The third-order valence-corrected chi connectivity index (χ3v) is 4.73. The van der Waals surface area contributed by atoms with Crippen LogP contribution in [0.4, 0.5) is 5.69 Å². The molecule has 0 saturated heterocycles. The maximum absolute atomic E-state index is 12.5. The number of anilines is 1. The van der Waals surface area contributed by atoms with Crippen LogP contribution in [-0.2, 0) is 9.59 Å².